The average molecular weight is 355 g/mol. The number of carbonyl (C=O) groups excluding carboxylic acids is 2. The third-order valence-corrected chi connectivity index (χ3v) is 4.31. The summed E-state index contributed by atoms with van der Waals surface area (Å²) < 4.78 is 5.22. The van der Waals surface area contributed by atoms with Gasteiger partial charge in [0.05, 0.1) is 12.6 Å². The Labute approximate surface area is 151 Å². The van der Waals surface area contributed by atoms with Crippen LogP contribution in [0.3, 0.4) is 0 Å². The zero-order chi connectivity index (χ0) is 18.5. The molecule has 2 aromatic rings. The molecule has 0 spiro atoms. The number of aliphatic hydroxyl groups excluding tert-OH is 1. The number of morpholine rings is 1. The minimum Gasteiger partial charge on any atom is -0.386 e. The topological polar surface area (TPSA) is 90.9 Å². The molecule has 1 saturated heterocycles. The van der Waals surface area contributed by atoms with Gasteiger partial charge in [-0.3, -0.25) is 4.79 Å². The van der Waals surface area contributed by atoms with Gasteiger partial charge in [0.2, 0.25) is 5.91 Å². The summed E-state index contributed by atoms with van der Waals surface area (Å²) in [6, 6.07) is 15.2. The van der Waals surface area contributed by atoms with E-state index in [0.717, 1.165) is 0 Å². The number of carbonyl (C=O) groups is 2. The lowest BCUT2D eigenvalue weighted by Gasteiger charge is -2.35. The first kappa shape index (κ1) is 17.9. The van der Waals surface area contributed by atoms with Gasteiger partial charge in [0.15, 0.2) is 0 Å². The summed E-state index contributed by atoms with van der Waals surface area (Å²) in [6.45, 7) is 0.321. The largest absolute Gasteiger partial charge is 0.386 e. The first-order valence-electron chi connectivity index (χ1n) is 8.29. The van der Waals surface area contributed by atoms with Crippen LogP contribution in [0.15, 0.2) is 54.6 Å². The van der Waals surface area contributed by atoms with Crippen LogP contribution in [0.25, 0.3) is 0 Å². The predicted octanol–water partition coefficient (Wildman–Crippen LogP) is 2.22. The quantitative estimate of drug-likeness (QED) is 0.784. The highest BCUT2D eigenvalue weighted by Gasteiger charge is 2.32. The van der Waals surface area contributed by atoms with Gasteiger partial charge in [-0.1, -0.05) is 30.3 Å². The smallest absolute Gasteiger partial charge is 0.323 e. The molecule has 1 heterocycles. The van der Waals surface area contributed by atoms with Gasteiger partial charge in [-0.05, 0) is 29.8 Å². The summed E-state index contributed by atoms with van der Waals surface area (Å²) in [6.07, 6.45) is -0.864. The van der Waals surface area contributed by atoms with Gasteiger partial charge in [-0.15, -0.1) is 0 Å². The Morgan fingerprint density at radius 3 is 2.38 bits per heavy atom. The third kappa shape index (κ3) is 4.19. The van der Waals surface area contributed by atoms with Crippen LogP contribution < -0.4 is 10.6 Å². The Bertz CT molecular complexity index is 764. The highest BCUT2D eigenvalue weighted by molar-refractivity contribution is 5.99. The van der Waals surface area contributed by atoms with E-state index in [4.69, 9.17) is 4.74 Å². The lowest BCUT2D eigenvalue weighted by molar-refractivity contribution is -0.151. The number of likely N-dealkylation sites (N-methyl/N-ethyl adjacent to an activating group) is 1. The zero-order valence-corrected chi connectivity index (χ0v) is 14.4. The molecule has 0 bridgehead atoms. The van der Waals surface area contributed by atoms with Crippen molar-refractivity contribution in [3.8, 4) is 0 Å². The van der Waals surface area contributed by atoms with Crippen LogP contribution in [0, 0.1) is 0 Å². The van der Waals surface area contributed by atoms with Gasteiger partial charge in [0.25, 0.3) is 0 Å². The maximum Gasteiger partial charge on any atom is 0.323 e. The van der Waals surface area contributed by atoms with E-state index in [0.29, 0.717) is 16.9 Å². The Kier molecular flexibility index (Phi) is 5.50. The van der Waals surface area contributed by atoms with Crippen molar-refractivity contribution in [2.75, 3.05) is 30.9 Å². The van der Waals surface area contributed by atoms with Gasteiger partial charge in [0, 0.05) is 18.4 Å². The van der Waals surface area contributed by atoms with Crippen molar-refractivity contribution < 1.29 is 19.4 Å². The molecule has 7 heteroatoms. The molecular weight excluding hydrogens is 334 g/mol. The summed E-state index contributed by atoms with van der Waals surface area (Å²) in [5.74, 6) is -0.156. The summed E-state index contributed by atoms with van der Waals surface area (Å²) in [7, 11) is 1.66. The second-order valence-electron chi connectivity index (χ2n) is 6.10. The molecule has 2 aromatic carbocycles. The van der Waals surface area contributed by atoms with Crippen molar-refractivity contribution in [3.05, 3.63) is 60.2 Å². The van der Waals surface area contributed by atoms with Gasteiger partial charge in [-0.2, -0.15) is 0 Å². The Hall–Kier alpha value is -2.90. The molecule has 0 aliphatic carbocycles. The molecule has 7 nitrogen and oxygen atoms in total. The van der Waals surface area contributed by atoms with Crippen molar-refractivity contribution in [2.24, 2.45) is 0 Å². The maximum atomic E-state index is 12.0. The highest BCUT2D eigenvalue weighted by Crippen LogP contribution is 2.24. The number of urea groups is 1. The van der Waals surface area contributed by atoms with E-state index in [1.807, 2.05) is 18.2 Å². The normalized spacial score (nSPS) is 18.3. The van der Waals surface area contributed by atoms with E-state index in [-0.39, 0.29) is 25.2 Å². The van der Waals surface area contributed by atoms with E-state index in [1.165, 1.54) is 4.90 Å². The number of aliphatic hydroxyl groups is 1. The van der Waals surface area contributed by atoms with E-state index in [9.17, 15) is 14.7 Å². The number of anilines is 2. The second-order valence-corrected chi connectivity index (χ2v) is 6.10. The van der Waals surface area contributed by atoms with Crippen molar-refractivity contribution in [1.29, 1.82) is 0 Å². The number of nitrogens with one attached hydrogen (secondary N) is 2. The molecule has 136 valence electrons. The molecule has 1 aliphatic heterocycles. The Morgan fingerprint density at radius 1 is 1.12 bits per heavy atom. The Balaban J connectivity index is 1.61. The molecule has 3 rings (SSSR count). The minimum absolute atomic E-state index is 0.0408. The predicted molar refractivity (Wildman–Crippen MR) is 97.9 cm³/mol. The summed E-state index contributed by atoms with van der Waals surface area (Å²) in [5.41, 5.74) is 1.94. The molecule has 0 unspecified atom stereocenters. The molecule has 1 fully saturated rings. The lowest BCUT2D eigenvalue weighted by Crippen LogP contribution is -2.49. The summed E-state index contributed by atoms with van der Waals surface area (Å²) >= 11 is 0. The Morgan fingerprint density at radius 2 is 1.73 bits per heavy atom. The number of para-hydroxylation sites is 1. The fourth-order valence-corrected chi connectivity index (χ4v) is 2.77. The number of benzene rings is 2. The van der Waals surface area contributed by atoms with Crippen LogP contribution in [-0.2, 0) is 9.53 Å². The lowest BCUT2D eigenvalue weighted by atomic mass is 10.0. The first-order valence-corrected chi connectivity index (χ1v) is 8.29. The first-order chi connectivity index (χ1) is 12.5. The second kappa shape index (κ2) is 7.99. The number of amides is 3. The standard InChI is InChI=1S/C19H21N3O4/c1-22-16(11-26-12-17(22)23)18(24)13-7-9-15(10-8-13)21-19(25)20-14-5-3-2-4-6-14/h2-10,16,18,24H,11-12H2,1H3,(H2,20,21,25)/t16-,18-/m1/s1. The summed E-state index contributed by atoms with van der Waals surface area (Å²) in [4.78, 5) is 25.2. The number of rotatable bonds is 4. The zero-order valence-electron chi connectivity index (χ0n) is 14.4. The van der Waals surface area contributed by atoms with Crippen molar-refractivity contribution in [2.45, 2.75) is 12.1 Å². The SMILES string of the molecule is CN1C(=O)COC[C@@H]1[C@H](O)c1ccc(NC(=O)Nc2ccccc2)cc1. The minimum atomic E-state index is -0.864. The van der Waals surface area contributed by atoms with Crippen LogP contribution in [0.2, 0.25) is 0 Å². The van der Waals surface area contributed by atoms with Crippen LogP contribution >= 0.6 is 0 Å². The third-order valence-electron chi connectivity index (χ3n) is 4.31. The monoisotopic (exact) mass is 355 g/mol. The number of nitrogens with zero attached hydrogens (tertiary/aromatic N) is 1. The fraction of sp³-hybridized carbons (Fsp3) is 0.263. The van der Waals surface area contributed by atoms with Gasteiger partial charge >= 0.3 is 6.03 Å². The van der Waals surface area contributed by atoms with Gasteiger partial charge < -0.3 is 25.4 Å². The van der Waals surface area contributed by atoms with E-state index in [2.05, 4.69) is 10.6 Å². The highest BCUT2D eigenvalue weighted by atomic mass is 16.5. The van der Waals surface area contributed by atoms with Crippen LogP contribution in [0.5, 0.6) is 0 Å². The fourth-order valence-electron chi connectivity index (χ4n) is 2.77. The number of hydrogen-bond donors (Lipinski definition) is 3. The molecule has 3 N–H and O–H groups in total. The van der Waals surface area contributed by atoms with Crippen molar-refractivity contribution >= 4 is 23.3 Å². The molecular formula is C19H21N3O4. The number of ether oxygens (including phenoxy) is 1. The molecule has 26 heavy (non-hydrogen) atoms. The van der Waals surface area contributed by atoms with Crippen molar-refractivity contribution in [1.82, 2.24) is 4.90 Å². The van der Waals surface area contributed by atoms with Crippen molar-refractivity contribution in [3.63, 3.8) is 0 Å². The molecule has 3 amide bonds. The summed E-state index contributed by atoms with van der Waals surface area (Å²) in [5, 5.41) is 16.0. The van der Waals surface area contributed by atoms with Gasteiger partial charge in [-0.25, -0.2) is 4.79 Å². The van der Waals surface area contributed by atoms with Gasteiger partial charge in [0.1, 0.15) is 12.7 Å². The molecule has 0 radical (unpaired) electrons. The van der Waals surface area contributed by atoms with E-state index in [1.54, 1.807) is 43.4 Å². The number of hydrogen-bond acceptors (Lipinski definition) is 4. The van der Waals surface area contributed by atoms with E-state index < -0.39 is 12.1 Å². The molecule has 2 atom stereocenters. The van der Waals surface area contributed by atoms with Crippen LogP contribution in [-0.4, -0.2) is 48.2 Å². The molecule has 0 aromatic heterocycles. The van der Waals surface area contributed by atoms with E-state index >= 15 is 0 Å². The van der Waals surface area contributed by atoms with Crippen LogP contribution in [0.4, 0.5) is 16.2 Å². The maximum absolute atomic E-state index is 12.0. The molecule has 0 saturated carbocycles. The van der Waals surface area contributed by atoms with Crippen LogP contribution in [0.1, 0.15) is 11.7 Å². The molecule has 1 aliphatic rings. The average Bonchev–Trinajstić information content (AvgIpc) is 2.65.